The summed E-state index contributed by atoms with van der Waals surface area (Å²) >= 11 is 0. The van der Waals surface area contributed by atoms with Gasteiger partial charge in [0.2, 0.25) is 0 Å². The molecule has 2 fully saturated rings. The van der Waals surface area contributed by atoms with Crippen LogP contribution in [0, 0.1) is 6.42 Å². The fourth-order valence-corrected chi connectivity index (χ4v) is 1.94. The maximum absolute atomic E-state index is 2.59. The van der Waals surface area contributed by atoms with Gasteiger partial charge < -0.3 is 4.90 Å². The topological polar surface area (TPSA) is 6.48 Å². The number of likely N-dealkylation sites (tertiary alicyclic amines) is 2. The molecule has 2 rings (SSSR count). The minimum absolute atomic E-state index is 0.899. The Morgan fingerprint density at radius 3 is 2.27 bits per heavy atom. The molecule has 0 aromatic carbocycles. The molecule has 2 heteroatoms. The lowest BCUT2D eigenvalue weighted by Crippen LogP contribution is -2.50. The van der Waals surface area contributed by atoms with Crippen molar-refractivity contribution in [1.29, 1.82) is 0 Å². The van der Waals surface area contributed by atoms with Gasteiger partial charge in [0, 0.05) is 19.1 Å². The van der Waals surface area contributed by atoms with Crippen molar-refractivity contribution in [3.05, 3.63) is 6.42 Å². The summed E-state index contributed by atoms with van der Waals surface area (Å²) in [7, 11) is 2.22. The van der Waals surface area contributed by atoms with Crippen molar-refractivity contribution in [2.75, 3.05) is 33.2 Å². The molecular weight excluding hydrogens is 136 g/mol. The molecule has 63 valence electrons. The Labute approximate surface area is 69.2 Å². The van der Waals surface area contributed by atoms with E-state index < -0.39 is 0 Å². The number of rotatable bonds is 1. The van der Waals surface area contributed by atoms with Gasteiger partial charge in [-0.05, 0) is 39.4 Å². The van der Waals surface area contributed by atoms with Crippen molar-refractivity contribution in [3.63, 3.8) is 0 Å². The highest BCUT2D eigenvalue weighted by Gasteiger charge is 2.26. The third-order valence-electron chi connectivity index (χ3n) is 2.93. The normalized spacial score (nSPS) is 30.3. The summed E-state index contributed by atoms with van der Waals surface area (Å²) < 4.78 is 0. The Morgan fingerprint density at radius 1 is 1.18 bits per heavy atom. The van der Waals surface area contributed by atoms with Gasteiger partial charge in [0.1, 0.15) is 0 Å². The molecule has 0 bridgehead atoms. The summed E-state index contributed by atoms with van der Waals surface area (Å²) in [5.74, 6) is 0. The second kappa shape index (κ2) is 3.11. The highest BCUT2D eigenvalue weighted by Crippen LogP contribution is 2.19. The van der Waals surface area contributed by atoms with Crippen LogP contribution in [0.15, 0.2) is 0 Å². The Morgan fingerprint density at radius 2 is 1.82 bits per heavy atom. The third kappa shape index (κ3) is 1.57. The van der Waals surface area contributed by atoms with Gasteiger partial charge >= 0.3 is 0 Å². The highest BCUT2D eigenvalue weighted by atomic mass is 15.2. The van der Waals surface area contributed by atoms with E-state index >= 15 is 0 Å². The minimum atomic E-state index is 0.899. The van der Waals surface area contributed by atoms with Crippen molar-refractivity contribution < 1.29 is 0 Å². The van der Waals surface area contributed by atoms with E-state index in [0.29, 0.717) is 0 Å². The average Bonchev–Trinajstić information content (AvgIpc) is 1.90. The molecule has 1 radical (unpaired) electrons. The van der Waals surface area contributed by atoms with Crippen LogP contribution in [0.3, 0.4) is 0 Å². The van der Waals surface area contributed by atoms with Crippen LogP contribution >= 0.6 is 0 Å². The van der Waals surface area contributed by atoms with Crippen molar-refractivity contribution in [2.24, 2.45) is 0 Å². The zero-order chi connectivity index (χ0) is 7.68. The molecule has 0 saturated carbocycles. The summed E-state index contributed by atoms with van der Waals surface area (Å²) in [5, 5.41) is 0. The molecule has 0 amide bonds. The number of hydrogen-bond donors (Lipinski definition) is 0. The summed E-state index contributed by atoms with van der Waals surface area (Å²) in [6.07, 6.45) is 5.12. The first-order valence-electron chi connectivity index (χ1n) is 4.60. The summed E-state index contributed by atoms with van der Waals surface area (Å²) in [6, 6.07) is 0.899. The molecule has 2 saturated heterocycles. The van der Waals surface area contributed by atoms with Gasteiger partial charge in [0.15, 0.2) is 0 Å². The molecule has 0 N–H and O–H groups in total. The highest BCUT2D eigenvalue weighted by molar-refractivity contribution is 4.92. The van der Waals surface area contributed by atoms with Crippen molar-refractivity contribution >= 4 is 0 Å². The fourth-order valence-electron chi connectivity index (χ4n) is 1.94. The van der Waals surface area contributed by atoms with E-state index in [1.54, 1.807) is 0 Å². The Kier molecular flexibility index (Phi) is 2.14. The molecule has 0 aromatic heterocycles. The predicted molar refractivity (Wildman–Crippen MR) is 46.4 cm³/mol. The van der Waals surface area contributed by atoms with Crippen LogP contribution in [0.1, 0.15) is 12.8 Å². The Hall–Kier alpha value is -0.0800. The SMILES string of the molecule is CN1CCC(N2C[CH]C2)CC1. The quantitative estimate of drug-likeness (QED) is 0.544. The second-order valence-electron chi connectivity index (χ2n) is 3.78. The van der Waals surface area contributed by atoms with Crippen LogP contribution < -0.4 is 0 Å². The van der Waals surface area contributed by atoms with E-state index in [-0.39, 0.29) is 0 Å². The summed E-state index contributed by atoms with van der Waals surface area (Å²) in [5.41, 5.74) is 0. The van der Waals surface area contributed by atoms with Crippen molar-refractivity contribution in [3.8, 4) is 0 Å². The van der Waals surface area contributed by atoms with Gasteiger partial charge in [-0.15, -0.1) is 0 Å². The monoisotopic (exact) mass is 153 g/mol. The van der Waals surface area contributed by atoms with Crippen LogP contribution in [-0.2, 0) is 0 Å². The van der Waals surface area contributed by atoms with Gasteiger partial charge in [-0.2, -0.15) is 0 Å². The van der Waals surface area contributed by atoms with E-state index in [2.05, 4.69) is 23.3 Å². The van der Waals surface area contributed by atoms with E-state index in [1.165, 1.54) is 39.0 Å². The standard InChI is InChI=1S/C9H17N2/c1-10-7-3-9(4-8-10)11-5-2-6-11/h2,9H,3-8H2,1H3. The first kappa shape index (κ1) is 7.56. The molecule has 0 spiro atoms. The summed E-state index contributed by atoms with van der Waals surface area (Å²) in [6.45, 7) is 5.07. The average molecular weight is 153 g/mol. The smallest absolute Gasteiger partial charge is 0.0120 e. The molecule has 2 nitrogen and oxygen atoms in total. The first-order valence-corrected chi connectivity index (χ1v) is 4.60. The molecule has 0 atom stereocenters. The van der Waals surface area contributed by atoms with Gasteiger partial charge in [-0.1, -0.05) is 0 Å². The largest absolute Gasteiger partial charge is 0.306 e. The van der Waals surface area contributed by atoms with E-state index in [1.807, 2.05) is 0 Å². The molecule has 0 unspecified atom stereocenters. The van der Waals surface area contributed by atoms with Crippen LogP contribution in [-0.4, -0.2) is 49.1 Å². The minimum Gasteiger partial charge on any atom is -0.306 e. The molecule has 11 heavy (non-hydrogen) atoms. The molecule has 0 aromatic rings. The molecule has 2 aliphatic heterocycles. The van der Waals surface area contributed by atoms with Crippen LogP contribution in [0.25, 0.3) is 0 Å². The zero-order valence-corrected chi connectivity index (χ0v) is 7.29. The van der Waals surface area contributed by atoms with Crippen LogP contribution in [0.2, 0.25) is 0 Å². The summed E-state index contributed by atoms with van der Waals surface area (Å²) in [4.78, 5) is 5.02. The van der Waals surface area contributed by atoms with Crippen LogP contribution in [0.5, 0.6) is 0 Å². The Balaban J connectivity index is 1.77. The lowest BCUT2D eigenvalue weighted by Gasteiger charge is -2.42. The second-order valence-corrected chi connectivity index (χ2v) is 3.78. The van der Waals surface area contributed by atoms with E-state index in [4.69, 9.17) is 0 Å². The van der Waals surface area contributed by atoms with Gasteiger partial charge in [-0.3, -0.25) is 4.90 Å². The molecule has 2 aliphatic rings. The third-order valence-corrected chi connectivity index (χ3v) is 2.93. The maximum atomic E-state index is 2.59. The molecular formula is C9H17N2. The lowest BCUT2D eigenvalue weighted by atomic mass is 10.0. The Bertz CT molecular complexity index is 124. The van der Waals surface area contributed by atoms with Crippen LogP contribution in [0.4, 0.5) is 0 Å². The van der Waals surface area contributed by atoms with E-state index in [9.17, 15) is 0 Å². The predicted octanol–water partition coefficient (Wildman–Crippen LogP) is 0.600. The van der Waals surface area contributed by atoms with Gasteiger partial charge in [0.25, 0.3) is 0 Å². The number of nitrogens with zero attached hydrogens (tertiary/aromatic N) is 2. The number of piperidine rings is 1. The van der Waals surface area contributed by atoms with Gasteiger partial charge in [-0.25, -0.2) is 0 Å². The van der Waals surface area contributed by atoms with E-state index in [0.717, 1.165) is 6.04 Å². The fraction of sp³-hybridized carbons (Fsp3) is 0.889. The maximum Gasteiger partial charge on any atom is 0.0120 e. The van der Waals surface area contributed by atoms with Gasteiger partial charge in [0.05, 0.1) is 0 Å². The zero-order valence-electron chi connectivity index (χ0n) is 7.29. The van der Waals surface area contributed by atoms with Crippen molar-refractivity contribution in [2.45, 2.75) is 18.9 Å². The van der Waals surface area contributed by atoms with Crippen molar-refractivity contribution in [1.82, 2.24) is 9.80 Å². The molecule has 0 aliphatic carbocycles. The first-order chi connectivity index (χ1) is 5.36. The molecule has 2 heterocycles. The number of hydrogen-bond acceptors (Lipinski definition) is 2. The lowest BCUT2D eigenvalue weighted by molar-refractivity contribution is 0.103.